The topological polar surface area (TPSA) is 58.6 Å². The molecule has 1 N–H and O–H groups in total. The molecule has 0 unspecified atom stereocenters. The normalized spacial score (nSPS) is 15.7. The van der Waals surface area contributed by atoms with E-state index in [4.69, 9.17) is 4.74 Å². The number of nitrogens with zero attached hydrogens (tertiary/aromatic N) is 1. The fourth-order valence-corrected chi connectivity index (χ4v) is 3.75. The van der Waals surface area contributed by atoms with Crippen LogP contribution in [0, 0.1) is 0 Å². The van der Waals surface area contributed by atoms with E-state index in [-0.39, 0.29) is 17.2 Å². The molecule has 2 amide bonds. The average molecular weight is 423 g/mol. The average Bonchev–Trinajstić information content (AvgIpc) is 3.03. The number of carbonyl (C=O) groups excluding carboxylic acids is 2. The molecule has 5 heteroatoms. The van der Waals surface area contributed by atoms with E-state index in [1.807, 2.05) is 41.3 Å². The first kappa shape index (κ1) is 22.9. The fraction of sp³-hybridized carbons (Fsp3) is 0.462. The van der Waals surface area contributed by atoms with Crippen molar-refractivity contribution in [3.8, 4) is 5.75 Å². The summed E-state index contributed by atoms with van der Waals surface area (Å²) in [5.74, 6) is 0.338. The highest BCUT2D eigenvalue weighted by molar-refractivity contribution is 6.04. The van der Waals surface area contributed by atoms with E-state index >= 15 is 0 Å². The molecule has 0 bridgehead atoms. The van der Waals surface area contributed by atoms with Crippen molar-refractivity contribution in [3.05, 3.63) is 59.7 Å². The number of rotatable bonds is 5. The third-order valence-corrected chi connectivity index (χ3v) is 5.71. The summed E-state index contributed by atoms with van der Waals surface area (Å²) in [5.41, 5.74) is 2.32. The highest BCUT2D eigenvalue weighted by atomic mass is 16.5. The molecule has 0 radical (unpaired) electrons. The van der Waals surface area contributed by atoms with Crippen molar-refractivity contribution >= 4 is 17.5 Å². The molecule has 5 nitrogen and oxygen atoms in total. The van der Waals surface area contributed by atoms with Gasteiger partial charge in [-0.1, -0.05) is 57.9 Å². The predicted octanol–water partition coefficient (Wildman–Crippen LogP) is 5.41. The molecule has 2 aromatic rings. The zero-order valence-electron chi connectivity index (χ0n) is 19.1. The lowest BCUT2D eigenvalue weighted by Gasteiger charge is -2.22. The lowest BCUT2D eigenvalue weighted by Crippen LogP contribution is -2.34. The minimum atomic E-state index is -0.693. The van der Waals surface area contributed by atoms with Gasteiger partial charge in [-0.3, -0.25) is 9.59 Å². The van der Waals surface area contributed by atoms with Crippen LogP contribution in [0.1, 0.15) is 69.3 Å². The van der Waals surface area contributed by atoms with Gasteiger partial charge in [0, 0.05) is 13.1 Å². The summed E-state index contributed by atoms with van der Waals surface area (Å²) in [6.07, 6.45) is 3.68. The molecule has 1 heterocycles. The summed E-state index contributed by atoms with van der Waals surface area (Å²) in [6, 6.07) is 15.0. The molecule has 1 aliphatic rings. The van der Waals surface area contributed by atoms with Crippen LogP contribution in [0.15, 0.2) is 48.5 Å². The number of carbonyl (C=O) groups is 2. The van der Waals surface area contributed by atoms with Crippen LogP contribution >= 0.6 is 0 Å². The molecular formula is C26H34N2O3. The van der Waals surface area contributed by atoms with Crippen molar-refractivity contribution in [2.45, 2.75) is 64.9 Å². The molecular weight excluding hydrogens is 388 g/mol. The predicted molar refractivity (Wildman–Crippen MR) is 125 cm³/mol. The Balaban J connectivity index is 1.66. The number of amides is 2. The Morgan fingerprint density at radius 2 is 1.55 bits per heavy atom. The van der Waals surface area contributed by atoms with Crippen molar-refractivity contribution < 1.29 is 14.3 Å². The van der Waals surface area contributed by atoms with Crippen molar-refractivity contribution in [2.75, 3.05) is 18.4 Å². The molecule has 1 fully saturated rings. The van der Waals surface area contributed by atoms with Gasteiger partial charge in [-0.15, -0.1) is 0 Å². The van der Waals surface area contributed by atoms with E-state index in [0.717, 1.165) is 38.8 Å². The quantitative estimate of drug-likeness (QED) is 0.701. The highest BCUT2D eigenvalue weighted by Gasteiger charge is 2.22. The zero-order chi connectivity index (χ0) is 22.4. The van der Waals surface area contributed by atoms with Gasteiger partial charge in [0.05, 0.1) is 11.3 Å². The number of anilines is 1. The van der Waals surface area contributed by atoms with Crippen LogP contribution < -0.4 is 10.1 Å². The molecule has 1 aliphatic heterocycles. The number of hydrogen-bond acceptors (Lipinski definition) is 3. The Kier molecular flexibility index (Phi) is 7.37. The van der Waals surface area contributed by atoms with Crippen molar-refractivity contribution in [3.63, 3.8) is 0 Å². The third-order valence-electron chi connectivity index (χ3n) is 5.71. The maximum atomic E-state index is 13.1. The van der Waals surface area contributed by atoms with Gasteiger partial charge in [-0.05, 0) is 55.0 Å². The number of likely N-dealkylation sites (tertiary alicyclic amines) is 1. The smallest absolute Gasteiger partial charge is 0.265 e. The molecule has 1 saturated heterocycles. The van der Waals surface area contributed by atoms with Crippen molar-refractivity contribution in [1.29, 1.82) is 0 Å². The largest absolute Gasteiger partial charge is 0.481 e. The van der Waals surface area contributed by atoms with Crippen LogP contribution in [-0.4, -0.2) is 35.9 Å². The second-order valence-corrected chi connectivity index (χ2v) is 9.28. The molecule has 2 aromatic carbocycles. The van der Waals surface area contributed by atoms with E-state index in [2.05, 4.69) is 26.1 Å². The highest BCUT2D eigenvalue weighted by Crippen LogP contribution is 2.25. The Bertz CT molecular complexity index is 892. The molecule has 0 aromatic heterocycles. The SMILES string of the molecule is C[C@@H](Oc1ccc(C(C)(C)C)cc1)C(=O)Nc1ccccc1C(=O)N1CCCCCC1. The Morgan fingerprint density at radius 3 is 2.16 bits per heavy atom. The summed E-state index contributed by atoms with van der Waals surface area (Å²) in [6.45, 7) is 9.72. The minimum Gasteiger partial charge on any atom is -0.481 e. The first-order valence-electron chi connectivity index (χ1n) is 11.2. The molecule has 1 atom stereocenters. The zero-order valence-corrected chi connectivity index (χ0v) is 19.1. The monoisotopic (exact) mass is 422 g/mol. The summed E-state index contributed by atoms with van der Waals surface area (Å²) in [4.78, 5) is 27.8. The van der Waals surface area contributed by atoms with Crippen LogP contribution in [0.5, 0.6) is 5.75 Å². The summed E-state index contributed by atoms with van der Waals surface area (Å²) in [7, 11) is 0. The van der Waals surface area contributed by atoms with Gasteiger partial charge in [0.25, 0.3) is 11.8 Å². The van der Waals surface area contributed by atoms with E-state index < -0.39 is 6.10 Å². The summed E-state index contributed by atoms with van der Waals surface area (Å²) >= 11 is 0. The van der Waals surface area contributed by atoms with Gasteiger partial charge in [0.1, 0.15) is 5.75 Å². The van der Waals surface area contributed by atoms with Crippen LogP contribution in [0.4, 0.5) is 5.69 Å². The lowest BCUT2D eigenvalue weighted by atomic mass is 9.87. The molecule has 166 valence electrons. The number of para-hydroxylation sites is 1. The second-order valence-electron chi connectivity index (χ2n) is 9.28. The Labute approximate surface area is 185 Å². The maximum absolute atomic E-state index is 13.1. The van der Waals surface area contributed by atoms with Crippen LogP contribution in [0.25, 0.3) is 0 Å². The number of benzene rings is 2. The standard InChI is InChI=1S/C26H34N2O3/c1-19(31-21-15-13-20(14-16-21)26(2,3)4)24(29)27-23-12-8-7-11-22(23)25(30)28-17-9-5-6-10-18-28/h7-8,11-16,19H,5-6,9-10,17-18H2,1-4H3,(H,27,29)/t19-/m1/s1. The molecule has 0 saturated carbocycles. The van der Waals surface area contributed by atoms with E-state index in [0.29, 0.717) is 17.0 Å². The van der Waals surface area contributed by atoms with E-state index in [1.54, 1.807) is 19.1 Å². The van der Waals surface area contributed by atoms with Crippen LogP contribution in [-0.2, 0) is 10.2 Å². The van der Waals surface area contributed by atoms with Gasteiger partial charge in [-0.2, -0.15) is 0 Å². The van der Waals surface area contributed by atoms with Gasteiger partial charge in [0.2, 0.25) is 0 Å². The molecule has 3 rings (SSSR count). The van der Waals surface area contributed by atoms with E-state index in [9.17, 15) is 9.59 Å². The lowest BCUT2D eigenvalue weighted by molar-refractivity contribution is -0.122. The Hall–Kier alpha value is -2.82. The second kappa shape index (κ2) is 9.99. The molecule has 31 heavy (non-hydrogen) atoms. The Morgan fingerprint density at radius 1 is 0.935 bits per heavy atom. The van der Waals surface area contributed by atoms with Crippen LogP contribution in [0.2, 0.25) is 0 Å². The first-order chi connectivity index (χ1) is 14.8. The van der Waals surface area contributed by atoms with Gasteiger partial charge in [-0.25, -0.2) is 0 Å². The van der Waals surface area contributed by atoms with Gasteiger partial charge < -0.3 is 15.0 Å². The number of hydrogen-bond donors (Lipinski definition) is 1. The van der Waals surface area contributed by atoms with Crippen molar-refractivity contribution in [1.82, 2.24) is 4.90 Å². The van der Waals surface area contributed by atoms with Crippen molar-refractivity contribution in [2.24, 2.45) is 0 Å². The van der Waals surface area contributed by atoms with Gasteiger partial charge in [0.15, 0.2) is 6.10 Å². The van der Waals surface area contributed by atoms with Crippen LogP contribution in [0.3, 0.4) is 0 Å². The molecule has 0 spiro atoms. The molecule has 0 aliphatic carbocycles. The summed E-state index contributed by atoms with van der Waals surface area (Å²) < 4.78 is 5.84. The number of ether oxygens (including phenoxy) is 1. The number of nitrogens with one attached hydrogen (secondary N) is 1. The van der Waals surface area contributed by atoms with Gasteiger partial charge >= 0.3 is 0 Å². The van der Waals surface area contributed by atoms with E-state index in [1.165, 1.54) is 5.56 Å². The minimum absolute atomic E-state index is 0.0239. The maximum Gasteiger partial charge on any atom is 0.265 e. The first-order valence-corrected chi connectivity index (χ1v) is 11.2. The third kappa shape index (κ3) is 6.09. The fourth-order valence-electron chi connectivity index (χ4n) is 3.75. The summed E-state index contributed by atoms with van der Waals surface area (Å²) in [5, 5.41) is 2.89.